The number of aromatic nitrogens is 2. The number of nitrogens with zero attached hydrogens (tertiary/aromatic N) is 3. The van der Waals surface area contributed by atoms with Crippen LogP contribution in [0.15, 0.2) is 60.7 Å². The van der Waals surface area contributed by atoms with Crippen molar-refractivity contribution >= 4 is 11.7 Å². The van der Waals surface area contributed by atoms with Crippen molar-refractivity contribution in [2.75, 3.05) is 5.73 Å². The predicted octanol–water partition coefficient (Wildman–Crippen LogP) is 2.19. The van der Waals surface area contributed by atoms with Gasteiger partial charge in [0.2, 0.25) is 5.91 Å². The molecule has 0 unspecified atom stereocenters. The molecular formula is C19H17N5O. The number of nitrogen functional groups attached to an aromatic ring is 1. The Morgan fingerprint density at radius 2 is 1.76 bits per heavy atom. The highest BCUT2D eigenvalue weighted by Crippen LogP contribution is 2.20. The van der Waals surface area contributed by atoms with Crippen molar-refractivity contribution in [2.24, 2.45) is 0 Å². The third-order valence-corrected chi connectivity index (χ3v) is 3.77. The molecule has 1 heterocycles. The second-order valence-corrected chi connectivity index (χ2v) is 5.51. The van der Waals surface area contributed by atoms with Crippen LogP contribution in [0.5, 0.6) is 0 Å². The number of benzene rings is 2. The van der Waals surface area contributed by atoms with Crippen molar-refractivity contribution in [3.05, 3.63) is 77.5 Å². The molecule has 0 spiro atoms. The molecule has 3 rings (SSSR count). The van der Waals surface area contributed by atoms with E-state index >= 15 is 0 Å². The lowest BCUT2D eigenvalue weighted by Crippen LogP contribution is -2.25. The van der Waals surface area contributed by atoms with Crippen molar-refractivity contribution in [2.45, 2.75) is 13.0 Å². The van der Waals surface area contributed by atoms with E-state index in [1.54, 1.807) is 0 Å². The standard InChI is InChI=1S/C19H17N5O/c20-12-16-17(11-18(25)22-13-14-7-3-1-4-8-14)23-24(19(16)21)15-9-5-2-6-10-15/h1-10H,11,13,21H2,(H,22,25). The van der Waals surface area contributed by atoms with Gasteiger partial charge in [0.05, 0.1) is 17.8 Å². The molecule has 0 saturated carbocycles. The number of para-hydroxylation sites is 1. The maximum absolute atomic E-state index is 12.2. The van der Waals surface area contributed by atoms with E-state index in [0.29, 0.717) is 12.2 Å². The van der Waals surface area contributed by atoms with Gasteiger partial charge in [-0.25, -0.2) is 4.68 Å². The van der Waals surface area contributed by atoms with Gasteiger partial charge in [-0.1, -0.05) is 48.5 Å². The van der Waals surface area contributed by atoms with Gasteiger partial charge in [-0.15, -0.1) is 0 Å². The van der Waals surface area contributed by atoms with E-state index in [-0.39, 0.29) is 23.7 Å². The first-order valence-corrected chi connectivity index (χ1v) is 7.82. The van der Waals surface area contributed by atoms with Gasteiger partial charge in [0.15, 0.2) is 0 Å². The molecule has 0 fully saturated rings. The molecule has 0 aliphatic carbocycles. The highest BCUT2D eigenvalue weighted by molar-refractivity contribution is 5.79. The number of nitriles is 1. The Bertz CT molecular complexity index is 910. The highest BCUT2D eigenvalue weighted by atomic mass is 16.1. The quantitative estimate of drug-likeness (QED) is 0.749. The second-order valence-electron chi connectivity index (χ2n) is 5.51. The van der Waals surface area contributed by atoms with Crippen LogP contribution in [0.1, 0.15) is 16.8 Å². The highest BCUT2D eigenvalue weighted by Gasteiger charge is 2.18. The number of carbonyl (C=O) groups is 1. The molecule has 124 valence electrons. The first-order chi connectivity index (χ1) is 12.2. The van der Waals surface area contributed by atoms with Gasteiger partial charge < -0.3 is 11.1 Å². The van der Waals surface area contributed by atoms with Crippen LogP contribution in [0.4, 0.5) is 5.82 Å². The van der Waals surface area contributed by atoms with Crippen molar-refractivity contribution in [3.63, 3.8) is 0 Å². The number of carbonyl (C=O) groups excluding carboxylic acids is 1. The molecule has 3 aromatic rings. The summed E-state index contributed by atoms with van der Waals surface area (Å²) in [7, 11) is 0. The van der Waals surface area contributed by atoms with Crippen LogP contribution in [0.2, 0.25) is 0 Å². The van der Waals surface area contributed by atoms with E-state index in [9.17, 15) is 10.1 Å². The number of anilines is 1. The first-order valence-electron chi connectivity index (χ1n) is 7.82. The maximum Gasteiger partial charge on any atom is 0.226 e. The van der Waals surface area contributed by atoms with Gasteiger partial charge in [-0.3, -0.25) is 4.79 Å². The zero-order chi connectivity index (χ0) is 17.6. The lowest BCUT2D eigenvalue weighted by atomic mass is 10.2. The largest absolute Gasteiger partial charge is 0.382 e. The molecule has 0 aliphatic heterocycles. The van der Waals surface area contributed by atoms with E-state index in [1.165, 1.54) is 4.68 Å². The normalized spacial score (nSPS) is 10.2. The summed E-state index contributed by atoms with van der Waals surface area (Å²) >= 11 is 0. The Hall–Kier alpha value is -3.59. The minimum absolute atomic E-state index is 0.000238. The fourth-order valence-electron chi connectivity index (χ4n) is 2.50. The van der Waals surface area contributed by atoms with Gasteiger partial charge in [-0.2, -0.15) is 10.4 Å². The molecule has 6 nitrogen and oxygen atoms in total. The predicted molar refractivity (Wildman–Crippen MR) is 94.7 cm³/mol. The van der Waals surface area contributed by atoms with Crippen LogP contribution in [-0.2, 0) is 17.8 Å². The number of hydrogen-bond donors (Lipinski definition) is 2. The van der Waals surface area contributed by atoms with E-state index < -0.39 is 0 Å². The fourth-order valence-corrected chi connectivity index (χ4v) is 2.50. The van der Waals surface area contributed by atoms with Gasteiger partial charge in [0.25, 0.3) is 0 Å². The Labute approximate surface area is 145 Å². The topological polar surface area (TPSA) is 96.7 Å². The molecule has 3 N–H and O–H groups in total. The van der Waals surface area contributed by atoms with Crippen LogP contribution in [0, 0.1) is 11.3 Å². The number of hydrogen-bond acceptors (Lipinski definition) is 4. The summed E-state index contributed by atoms with van der Waals surface area (Å²) in [6.45, 7) is 0.427. The lowest BCUT2D eigenvalue weighted by Gasteiger charge is -2.04. The lowest BCUT2D eigenvalue weighted by molar-refractivity contribution is -0.120. The SMILES string of the molecule is N#Cc1c(CC(=O)NCc2ccccc2)nn(-c2ccccc2)c1N. The van der Waals surface area contributed by atoms with Crippen molar-refractivity contribution < 1.29 is 4.79 Å². The minimum Gasteiger partial charge on any atom is -0.382 e. The van der Waals surface area contributed by atoms with Gasteiger partial charge in [0, 0.05) is 6.54 Å². The van der Waals surface area contributed by atoms with E-state index in [0.717, 1.165) is 11.3 Å². The maximum atomic E-state index is 12.2. The Morgan fingerprint density at radius 1 is 1.12 bits per heavy atom. The van der Waals surface area contributed by atoms with Crippen LogP contribution >= 0.6 is 0 Å². The molecule has 0 bridgehead atoms. The van der Waals surface area contributed by atoms with Crippen molar-refractivity contribution in [1.82, 2.24) is 15.1 Å². The molecule has 6 heteroatoms. The molecule has 0 aliphatic rings. The third kappa shape index (κ3) is 3.67. The van der Waals surface area contributed by atoms with Crippen LogP contribution in [-0.4, -0.2) is 15.7 Å². The number of nitrogens with two attached hydrogens (primary N) is 1. The monoisotopic (exact) mass is 331 g/mol. The number of nitrogens with one attached hydrogen (secondary N) is 1. The van der Waals surface area contributed by atoms with Crippen LogP contribution < -0.4 is 11.1 Å². The summed E-state index contributed by atoms with van der Waals surface area (Å²) in [6.07, 6.45) is -0.000238. The molecule has 1 aromatic heterocycles. The summed E-state index contributed by atoms with van der Waals surface area (Å²) < 4.78 is 1.48. The van der Waals surface area contributed by atoms with E-state index in [2.05, 4.69) is 10.4 Å². The zero-order valence-corrected chi connectivity index (χ0v) is 13.5. The molecule has 0 saturated heterocycles. The van der Waals surface area contributed by atoms with E-state index in [4.69, 9.17) is 5.73 Å². The Kier molecular flexibility index (Phi) is 4.77. The summed E-state index contributed by atoms with van der Waals surface area (Å²) in [6, 6.07) is 20.9. The average Bonchev–Trinajstić information content (AvgIpc) is 2.97. The molecule has 25 heavy (non-hydrogen) atoms. The molecular weight excluding hydrogens is 314 g/mol. The molecule has 1 amide bonds. The number of amides is 1. The smallest absolute Gasteiger partial charge is 0.226 e. The summed E-state index contributed by atoms with van der Waals surface area (Å²) in [5, 5.41) is 16.5. The Balaban J connectivity index is 1.76. The second kappa shape index (κ2) is 7.32. The molecule has 2 aromatic carbocycles. The van der Waals surface area contributed by atoms with Gasteiger partial charge in [0.1, 0.15) is 17.5 Å². The fraction of sp³-hybridized carbons (Fsp3) is 0.105. The molecule has 0 atom stereocenters. The van der Waals surface area contributed by atoms with Crippen molar-refractivity contribution in [3.8, 4) is 11.8 Å². The van der Waals surface area contributed by atoms with Gasteiger partial charge in [-0.05, 0) is 17.7 Å². The minimum atomic E-state index is -0.210. The Morgan fingerprint density at radius 3 is 2.40 bits per heavy atom. The summed E-state index contributed by atoms with van der Waals surface area (Å²) in [5.74, 6) is 0.0256. The van der Waals surface area contributed by atoms with E-state index in [1.807, 2.05) is 66.7 Å². The zero-order valence-electron chi connectivity index (χ0n) is 13.5. The summed E-state index contributed by atoms with van der Waals surface area (Å²) in [5.41, 5.74) is 8.39. The third-order valence-electron chi connectivity index (χ3n) is 3.77. The average molecular weight is 331 g/mol. The van der Waals surface area contributed by atoms with Crippen molar-refractivity contribution in [1.29, 1.82) is 5.26 Å². The van der Waals surface area contributed by atoms with Gasteiger partial charge >= 0.3 is 0 Å². The molecule has 0 radical (unpaired) electrons. The van der Waals surface area contributed by atoms with Crippen LogP contribution in [0.3, 0.4) is 0 Å². The van der Waals surface area contributed by atoms with Crippen LogP contribution in [0.25, 0.3) is 5.69 Å². The first kappa shape index (κ1) is 16.3. The number of rotatable bonds is 5. The summed E-state index contributed by atoms with van der Waals surface area (Å²) in [4.78, 5) is 12.2.